The molecule has 2 aliphatic rings. The van der Waals surface area contributed by atoms with E-state index in [1.807, 2.05) is 18.2 Å². The molecule has 0 saturated carbocycles. The molecule has 2 unspecified atom stereocenters. The minimum absolute atomic E-state index is 0.0864. The van der Waals surface area contributed by atoms with Crippen LogP contribution in [0, 0.1) is 0 Å². The van der Waals surface area contributed by atoms with E-state index in [1.165, 1.54) is 12.8 Å². The van der Waals surface area contributed by atoms with Crippen LogP contribution in [-0.2, 0) is 9.53 Å². The maximum atomic E-state index is 12.5. The third-order valence-corrected chi connectivity index (χ3v) is 4.48. The van der Waals surface area contributed by atoms with Crippen LogP contribution in [0.5, 0.6) is 0 Å². The Hall–Kier alpha value is -1.55. The van der Waals surface area contributed by atoms with Crippen LogP contribution in [-0.4, -0.2) is 42.8 Å². The summed E-state index contributed by atoms with van der Waals surface area (Å²) in [6.45, 7) is 4.57. The summed E-state index contributed by atoms with van der Waals surface area (Å²) < 4.78 is 5.50. The molecule has 0 spiro atoms. The SMILES string of the molecule is CCCCOC(=O)C1N(c2ccccc2)CC2CCCN21. The van der Waals surface area contributed by atoms with E-state index in [2.05, 4.69) is 28.9 Å². The molecule has 1 aromatic rings. The number of carbonyl (C=O) groups is 1. The normalized spacial score (nSPS) is 25.1. The first kappa shape index (κ1) is 14.4. The lowest BCUT2D eigenvalue weighted by atomic mass is 10.2. The third-order valence-electron chi connectivity index (χ3n) is 4.48. The van der Waals surface area contributed by atoms with E-state index < -0.39 is 0 Å². The number of nitrogens with zero attached hydrogens (tertiary/aromatic N) is 2. The van der Waals surface area contributed by atoms with E-state index in [4.69, 9.17) is 4.74 Å². The van der Waals surface area contributed by atoms with Crippen LogP contribution in [0.4, 0.5) is 5.69 Å². The van der Waals surface area contributed by atoms with Gasteiger partial charge in [0.25, 0.3) is 0 Å². The van der Waals surface area contributed by atoms with Gasteiger partial charge in [0.15, 0.2) is 6.17 Å². The summed E-state index contributed by atoms with van der Waals surface area (Å²) in [5.41, 5.74) is 1.12. The predicted molar refractivity (Wildman–Crippen MR) is 83.2 cm³/mol. The van der Waals surface area contributed by atoms with Gasteiger partial charge in [0.1, 0.15) is 0 Å². The van der Waals surface area contributed by atoms with E-state index in [0.29, 0.717) is 12.6 Å². The number of unbranched alkanes of at least 4 members (excludes halogenated alkanes) is 1. The lowest BCUT2D eigenvalue weighted by Gasteiger charge is -2.29. The van der Waals surface area contributed by atoms with Crippen molar-refractivity contribution in [3.8, 4) is 0 Å². The molecule has 2 heterocycles. The molecule has 2 saturated heterocycles. The highest BCUT2D eigenvalue weighted by molar-refractivity contribution is 5.80. The van der Waals surface area contributed by atoms with Gasteiger partial charge in [-0.3, -0.25) is 4.90 Å². The second-order valence-electron chi connectivity index (χ2n) is 5.92. The highest BCUT2D eigenvalue weighted by Gasteiger charge is 2.46. The monoisotopic (exact) mass is 288 g/mol. The Kier molecular flexibility index (Phi) is 4.44. The van der Waals surface area contributed by atoms with Crippen LogP contribution in [0.25, 0.3) is 0 Å². The number of para-hydroxylation sites is 1. The van der Waals surface area contributed by atoms with Gasteiger partial charge >= 0.3 is 5.97 Å². The van der Waals surface area contributed by atoms with Crippen molar-refractivity contribution in [1.82, 2.24) is 4.90 Å². The Labute approximate surface area is 126 Å². The smallest absolute Gasteiger partial charge is 0.344 e. The fourth-order valence-corrected chi connectivity index (χ4v) is 3.40. The number of hydrogen-bond donors (Lipinski definition) is 0. The van der Waals surface area contributed by atoms with Crippen LogP contribution in [0.3, 0.4) is 0 Å². The molecule has 3 rings (SSSR count). The van der Waals surface area contributed by atoms with Gasteiger partial charge in [-0.25, -0.2) is 4.79 Å². The number of fused-ring (bicyclic) bond motifs is 1. The van der Waals surface area contributed by atoms with Crippen molar-refractivity contribution in [3.63, 3.8) is 0 Å². The zero-order chi connectivity index (χ0) is 14.7. The van der Waals surface area contributed by atoms with Gasteiger partial charge in [-0.05, 0) is 31.4 Å². The third kappa shape index (κ3) is 2.91. The van der Waals surface area contributed by atoms with Gasteiger partial charge in [0.05, 0.1) is 6.61 Å². The molecule has 2 aliphatic heterocycles. The number of esters is 1. The number of anilines is 1. The van der Waals surface area contributed by atoms with Crippen molar-refractivity contribution in [2.45, 2.75) is 44.8 Å². The van der Waals surface area contributed by atoms with Crippen LogP contribution in [0.15, 0.2) is 30.3 Å². The highest BCUT2D eigenvalue weighted by Crippen LogP contribution is 2.33. The van der Waals surface area contributed by atoms with Crippen molar-refractivity contribution in [2.24, 2.45) is 0 Å². The molecule has 0 N–H and O–H groups in total. The molecule has 4 nitrogen and oxygen atoms in total. The number of ether oxygens (including phenoxy) is 1. The van der Waals surface area contributed by atoms with Crippen LogP contribution >= 0.6 is 0 Å². The summed E-state index contributed by atoms with van der Waals surface area (Å²) >= 11 is 0. The summed E-state index contributed by atoms with van der Waals surface area (Å²) in [5.74, 6) is -0.0864. The average molecular weight is 288 g/mol. The van der Waals surface area contributed by atoms with E-state index in [0.717, 1.165) is 31.6 Å². The van der Waals surface area contributed by atoms with Crippen LogP contribution in [0.2, 0.25) is 0 Å². The zero-order valence-electron chi connectivity index (χ0n) is 12.7. The van der Waals surface area contributed by atoms with Gasteiger partial charge in [0, 0.05) is 24.8 Å². The molecule has 0 radical (unpaired) electrons. The molecule has 114 valence electrons. The van der Waals surface area contributed by atoms with Crippen molar-refractivity contribution in [3.05, 3.63) is 30.3 Å². The first-order valence-electron chi connectivity index (χ1n) is 8.05. The van der Waals surface area contributed by atoms with Crippen LogP contribution in [0.1, 0.15) is 32.6 Å². The quantitative estimate of drug-likeness (QED) is 0.616. The lowest BCUT2D eigenvalue weighted by Crippen LogP contribution is -2.46. The van der Waals surface area contributed by atoms with Gasteiger partial charge in [0.2, 0.25) is 0 Å². The van der Waals surface area contributed by atoms with Crippen LogP contribution < -0.4 is 4.90 Å². The van der Waals surface area contributed by atoms with Crippen molar-refractivity contribution in [2.75, 3.05) is 24.6 Å². The molecular formula is C17H24N2O2. The topological polar surface area (TPSA) is 32.8 Å². The Balaban J connectivity index is 1.77. The van der Waals surface area contributed by atoms with Gasteiger partial charge < -0.3 is 9.64 Å². The molecule has 2 fully saturated rings. The molecule has 0 aliphatic carbocycles. The fourth-order valence-electron chi connectivity index (χ4n) is 3.40. The van der Waals surface area contributed by atoms with Gasteiger partial charge in [-0.1, -0.05) is 31.5 Å². The van der Waals surface area contributed by atoms with E-state index in [9.17, 15) is 4.79 Å². The predicted octanol–water partition coefficient (Wildman–Crippen LogP) is 2.64. The van der Waals surface area contributed by atoms with Crippen molar-refractivity contribution >= 4 is 11.7 Å². The summed E-state index contributed by atoms with van der Waals surface area (Å²) in [6.07, 6.45) is 4.12. The summed E-state index contributed by atoms with van der Waals surface area (Å²) in [6, 6.07) is 10.7. The van der Waals surface area contributed by atoms with Crippen molar-refractivity contribution in [1.29, 1.82) is 0 Å². The Morgan fingerprint density at radius 1 is 1.33 bits per heavy atom. The minimum Gasteiger partial charge on any atom is -0.463 e. The Morgan fingerprint density at radius 3 is 2.90 bits per heavy atom. The maximum Gasteiger partial charge on any atom is 0.344 e. The summed E-state index contributed by atoms with van der Waals surface area (Å²) in [7, 11) is 0. The standard InChI is InChI=1S/C17H24N2O2/c1-2-3-12-21-17(20)16-18-11-7-10-15(18)13-19(16)14-8-5-4-6-9-14/h4-6,8-9,15-16H,2-3,7,10-13H2,1H3. The Morgan fingerprint density at radius 2 is 2.14 bits per heavy atom. The number of hydrogen-bond acceptors (Lipinski definition) is 4. The first-order valence-corrected chi connectivity index (χ1v) is 8.05. The second kappa shape index (κ2) is 6.48. The number of benzene rings is 1. The Bertz CT molecular complexity index is 477. The molecule has 21 heavy (non-hydrogen) atoms. The van der Waals surface area contributed by atoms with E-state index in [-0.39, 0.29) is 12.1 Å². The van der Waals surface area contributed by atoms with E-state index in [1.54, 1.807) is 0 Å². The molecular weight excluding hydrogens is 264 g/mol. The van der Waals surface area contributed by atoms with Crippen molar-refractivity contribution < 1.29 is 9.53 Å². The summed E-state index contributed by atoms with van der Waals surface area (Å²) in [5, 5.41) is 0. The van der Waals surface area contributed by atoms with Gasteiger partial charge in [-0.15, -0.1) is 0 Å². The molecule has 0 amide bonds. The lowest BCUT2D eigenvalue weighted by molar-refractivity contribution is -0.149. The number of rotatable bonds is 5. The molecule has 1 aromatic carbocycles. The average Bonchev–Trinajstić information content (AvgIpc) is 3.08. The van der Waals surface area contributed by atoms with E-state index >= 15 is 0 Å². The highest BCUT2D eigenvalue weighted by atomic mass is 16.5. The fraction of sp³-hybridized carbons (Fsp3) is 0.588. The minimum atomic E-state index is -0.239. The zero-order valence-corrected chi connectivity index (χ0v) is 12.7. The molecule has 2 atom stereocenters. The molecule has 0 bridgehead atoms. The molecule has 4 heteroatoms. The molecule has 0 aromatic heterocycles. The van der Waals surface area contributed by atoms with Gasteiger partial charge in [-0.2, -0.15) is 0 Å². The maximum absolute atomic E-state index is 12.5. The second-order valence-corrected chi connectivity index (χ2v) is 5.92. The number of carbonyl (C=O) groups excluding carboxylic acids is 1. The first-order chi connectivity index (χ1) is 10.3. The summed E-state index contributed by atoms with van der Waals surface area (Å²) in [4.78, 5) is 17.1. The largest absolute Gasteiger partial charge is 0.463 e.